The van der Waals surface area contributed by atoms with Gasteiger partial charge in [0.05, 0.1) is 6.54 Å². The highest BCUT2D eigenvalue weighted by Gasteiger charge is 2.21. The van der Waals surface area contributed by atoms with Gasteiger partial charge in [0.2, 0.25) is 6.08 Å². The van der Waals surface area contributed by atoms with Crippen LogP contribution in [0.3, 0.4) is 0 Å². The Balaban J connectivity index is 2.33. The fourth-order valence-electron chi connectivity index (χ4n) is 2.24. The molecule has 0 aliphatic heterocycles. The molecule has 3 heteroatoms. The lowest BCUT2D eigenvalue weighted by Gasteiger charge is -2.24. The molecular weight excluding hydrogens is 210 g/mol. The zero-order valence-electron chi connectivity index (χ0n) is 8.37. The summed E-state index contributed by atoms with van der Waals surface area (Å²) in [5.41, 5.74) is 2.49. The Morgan fingerprint density at radius 3 is 3.20 bits per heavy atom. The molecule has 2 rings (SSSR count). The molecule has 2 nitrogen and oxygen atoms in total. The van der Waals surface area contributed by atoms with E-state index in [9.17, 15) is 4.79 Å². The zero-order chi connectivity index (χ0) is 10.7. The van der Waals surface area contributed by atoms with E-state index in [1.165, 1.54) is 11.1 Å². The topological polar surface area (TPSA) is 29.4 Å². The molecule has 0 heterocycles. The van der Waals surface area contributed by atoms with Gasteiger partial charge in [0.1, 0.15) is 0 Å². The van der Waals surface area contributed by atoms with Crippen molar-refractivity contribution in [3.05, 3.63) is 34.3 Å². The third-order valence-electron chi connectivity index (χ3n) is 2.95. The van der Waals surface area contributed by atoms with E-state index >= 15 is 0 Å². The summed E-state index contributed by atoms with van der Waals surface area (Å²) in [4.78, 5) is 13.8. The van der Waals surface area contributed by atoms with E-state index in [-0.39, 0.29) is 0 Å². The Kier molecular flexibility index (Phi) is 3.20. The Hall–Kier alpha value is -1.11. The van der Waals surface area contributed by atoms with Crippen LogP contribution in [0.25, 0.3) is 0 Å². The quantitative estimate of drug-likeness (QED) is 0.558. The van der Waals surface area contributed by atoms with E-state index in [0.717, 1.165) is 24.3 Å². The second-order valence-corrected chi connectivity index (χ2v) is 4.24. The highest BCUT2D eigenvalue weighted by Crippen LogP contribution is 2.35. The molecule has 78 valence electrons. The average Bonchev–Trinajstić information content (AvgIpc) is 2.27. The number of isocyanates is 1. The van der Waals surface area contributed by atoms with E-state index in [0.29, 0.717) is 12.5 Å². The van der Waals surface area contributed by atoms with E-state index in [1.54, 1.807) is 6.08 Å². The predicted molar refractivity (Wildman–Crippen MR) is 60.1 cm³/mol. The number of halogens is 1. The second-order valence-electron chi connectivity index (χ2n) is 3.83. The summed E-state index contributed by atoms with van der Waals surface area (Å²) < 4.78 is 0. The molecule has 0 radical (unpaired) electrons. The first-order valence-corrected chi connectivity index (χ1v) is 5.51. The summed E-state index contributed by atoms with van der Waals surface area (Å²) in [5, 5.41) is 0.840. The van der Waals surface area contributed by atoms with Gasteiger partial charge in [-0.2, -0.15) is 0 Å². The van der Waals surface area contributed by atoms with Gasteiger partial charge in [0, 0.05) is 10.9 Å². The van der Waals surface area contributed by atoms with Crippen molar-refractivity contribution < 1.29 is 4.79 Å². The minimum absolute atomic E-state index is 0.342. The number of nitrogens with zero attached hydrogens (tertiary/aromatic N) is 1. The van der Waals surface area contributed by atoms with Crippen LogP contribution >= 0.6 is 11.6 Å². The van der Waals surface area contributed by atoms with Crippen LogP contribution in [0.15, 0.2) is 23.2 Å². The van der Waals surface area contributed by atoms with Crippen LogP contribution in [-0.4, -0.2) is 12.6 Å². The molecule has 0 bridgehead atoms. The lowest BCUT2D eigenvalue weighted by molar-refractivity contribution is 0.544. The highest BCUT2D eigenvalue weighted by molar-refractivity contribution is 6.31. The van der Waals surface area contributed by atoms with Gasteiger partial charge >= 0.3 is 0 Å². The first-order chi connectivity index (χ1) is 7.33. The van der Waals surface area contributed by atoms with Gasteiger partial charge in [-0.3, -0.25) is 0 Å². The van der Waals surface area contributed by atoms with Gasteiger partial charge in [-0.25, -0.2) is 9.79 Å². The van der Waals surface area contributed by atoms with E-state index in [1.807, 2.05) is 12.1 Å². The predicted octanol–water partition coefficient (Wildman–Crippen LogP) is 3.10. The van der Waals surface area contributed by atoms with Crippen molar-refractivity contribution in [1.29, 1.82) is 0 Å². The largest absolute Gasteiger partial charge is 0.234 e. The SMILES string of the molecule is O=C=NCC1CCCc2c(Cl)cccc21. The van der Waals surface area contributed by atoms with E-state index in [4.69, 9.17) is 11.6 Å². The Bertz CT molecular complexity index is 410. The summed E-state index contributed by atoms with van der Waals surface area (Å²) in [7, 11) is 0. The zero-order valence-corrected chi connectivity index (χ0v) is 9.13. The standard InChI is InChI=1S/C12H12ClNO/c13-12-6-2-4-10-9(7-14-8-15)3-1-5-11(10)12/h2,4,6,9H,1,3,5,7H2. The fraction of sp³-hybridized carbons (Fsp3) is 0.417. The average molecular weight is 222 g/mol. The van der Waals surface area contributed by atoms with Crippen molar-refractivity contribution in [3.8, 4) is 0 Å². The van der Waals surface area contributed by atoms with Gasteiger partial charge in [0.15, 0.2) is 0 Å². The van der Waals surface area contributed by atoms with E-state index < -0.39 is 0 Å². The number of carbonyl (C=O) groups excluding carboxylic acids is 1. The lowest BCUT2D eigenvalue weighted by atomic mass is 9.83. The molecule has 1 aromatic carbocycles. The van der Waals surface area contributed by atoms with Gasteiger partial charge < -0.3 is 0 Å². The van der Waals surface area contributed by atoms with Crippen LogP contribution < -0.4 is 0 Å². The van der Waals surface area contributed by atoms with Crippen molar-refractivity contribution in [2.75, 3.05) is 6.54 Å². The van der Waals surface area contributed by atoms with Crippen LogP contribution in [0.4, 0.5) is 0 Å². The smallest absolute Gasteiger partial charge is 0.211 e. The Morgan fingerprint density at radius 1 is 1.53 bits per heavy atom. The molecule has 0 aromatic heterocycles. The van der Waals surface area contributed by atoms with Gasteiger partial charge in [-0.1, -0.05) is 23.7 Å². The number of rotatable bonds is 2. The van der Waals surface area contributed by atoms with Crippen LogP contribution in [0.1, 0.15) is 29.9 Å². The van der Waals surface area contributed by atoms with E-state index in [2.05, 4.69) is 11.1 Å². The molecule has 0 saturated heterocycles. The molecule has 1 atom stereocenters. The van der Waals surface area contributed by atoms with Gasteiger partial charge in [-0.15, -0.1) is 0 Å². The van der Waals surface area contributed by atoms with Crippen LogP contribution in [0.2, 0.25) is 5.02 Å². The maximum atomic E-state index is 10.1. The Morgan fingerprint density at radius 2 is 2.40 bits per heavy atom. The first kappa shape index (κ1) is 10.4. The number of fused-ring (bicyclic) bond motifs is 1. The fourth-order valence-corrected chi connectivity index (χ4v) is 2.52. The van der Waals surface area contributed by atoms with Crippen molar-refractivity contribution in [1.82, 2.24) is 0 Å². The van der Waals surface area contributed by atoms with Crippen molar-refractivity contribution in [2.45, 2.75) is 25.2 Å². The third-order valence-corrected chi connectivity index (χ3v) is 3.30. The molecule has 0 spiro atoms. The van der Waals surface area contributed by atoms with Crippen molar-refractivity contribution >= 4 is 17.7 Å². The maximum Gasteiger partial charge on any atom is 0.234 e. The van der Waals surface area contributed by atoms with Crippen LogP contribution in [-0.2, 0) is 11.2 Å². The lowest BCUT2D eigenvalue weighted by Crippen LogP contribution is -2.12. The van der Waals surface area contributed by atoms with Crippen LogP contribution in [0, 0.1) is 0 Å². The molecule has 1 unspecified atom stereocenters. The molecule has 0 N–H and O–H groups in total. The van der Waals surface area contributed by atoms with Crippen LogP contribution in [0.5, 0.6) is 0 Å². The molecule has 15 heavy (non-hydrogen) atoms. The van der Waals surface area contributed by atoms with Crippen molar-refractivity contribution in [2.24, 2.45) is 4.99 Å². The van der Waals surface area contributed by atoms with Gasteiger partial charge in [0.25, 0.3) is 0 Å². The van der Waals surface area contributed by atoms with Gasteiger partial charge in [-0.05, 0) is 36.5 Å². The normalized spacial score (nSPS) is 19.1. The number of hydrogen-bond acceptors (Lipinski definition) is 2. The number of aliphatic imine (C=N–C) groups is 1. The first-order valence-electron chi connectivity index (χ1n) is 5.14. The molecule has 1 aliphatic carbocycles. The molecule has 1 aliphatic rings. The Labute approximate surface area is 94.0 Å². The summed E-state index contributed by atoms with van der Waals surface area (Å²) >= 11 is 6.13. The highest BCUT2D eigenvalue weighted by atomic mass is 35.5. The maximum absolute atomic E-state index is 10.1. The minimum atomic E-state index is 0.342. The number of benzene rings is 1. The summed E-state index contributed by atoms with van der Waals surface area (Å²) in [5.74, 6) is 0.342. The second kappa shape index (κ2) is 4.61. The molecule has 0 fully saturated rings. The summed E-state index contributed by atoms with van der Waals surface area (Å²) in [6, 6.07) is 5.97. The molecule has 0 amide bonds. The third kappa shape index (κ3) is 2.11. The minimum Gasteiger partial charge on any atom is -0.211 e. The van der Waals surface area contributed by atoms with Crippen molar-refractivity contribution in [3.63, 3.8) is 0 Å². The summed E-state index contributed by atoms with van der Waals surface area (Å²) in [6.45, 7) is 0.539. The molecular formula is C12H12ClNO. The number of hydrogen-bond donors (Lipinski definition) is 0. The monoisotopic (exact) mass is 221 g/mol. The summed E-state index contributed by atoms with van der Waals surface area (Å²) in [6.07, 6.45) is 4.84. The molecule has 1 aromatic rings. The molecule has 0 saturated carbocycles.